The van der Waals surface area contributed by atoms with E-state index >= 15 is 0 Å². The molecule has 0 amide bonds. The monoisotopic (exact) mass is 438 g/mol. The zero-order valence-electron chi connectivity index (χ0n) is 19.3. The number of aliphatic hydroxyl groups excluding tert-OH is 4. The summed E-state index contributed by atoms with van der Waals surface area (Å²) in [7, 11) is 0. The zero-order chi connectivity index (χ0) is 22.7. The number of aliphatic hydroxyl groups is 4. The van der Waals surface area contributed by atoms with Gasteiger partial charge in [0, 0.05) is 0 Å². The van der Waals surface area contributed by atoms with Gasteiger partial charge in [0.2, 0.25) is 0 Å². The predicted octanol–water partition coefficient (Wildman–Crippen LogP) is 2.81. The Hall–Kier alpha value is -0.690. The van der Waals surface area contributed by atoms with Gasteiger partial charge >= 0.3 is 5.97 Å². The number of carbonyl (C=O) groups is 1. The van der Waals surface area contributed by atoms with Crippen molar-refractivity contribution in [3.05, 3.63) is 0 Å². The van der Waals surface area contributed by atoms with Crippen LogP contribution in [0.5, 0.6) is 0 Å². The topological polar surface area (TPSA) is 118 Å². The Bertz CT molecular complexity index is 683. The predicted molar refractivity (Wildman–Crippen MR) is 116 cm³/mol. The number of hydrogen-bond acceptors (Lipinski definition) is 5. The highest BCUT2D eigenvalue weighted by Crippen LogP contribution is 2.69. The number of aliphatic carboxylic acids is 1. The van der Waals surface area contributed by atoms with Crippen LogP contribution in [-0.2, 0) is 4.79 Å². The SMILES string of the molecule is CC[C@H]1[C@@H](O)[C@@H]2[C@H](C[C@H](O)[C@]3(C)[C@@H](CC[C@H](O)C(=O)O)CC[C@@H]23)[C@@]2(C)CC[C@@H](O)C[C@@H]12. The lowest BCUT2D eigenvalue weighted by molar-refractivity contribution is -0.226. The fourth-order valence-corrected chi connectivity index (χ4v) is 9.00. The average Bonchev–Trinajstić information content (AvgIpc) is 3.06. The van der Waals surface area contributed by atoms with Crippen molar-refractivity contribution in [2.45, 2.75) is 103 Å². The third kappa shape index (κ3) is 3.48. The zero-order valence-corrected chi connectivity index (χ0v) is 19.3. The summed E-state index contributed by atoms with van der Waals surface area (Å²) in [5.41, 5.74) is -0.320. The number of fused-ring (bicyclic) bond motifs is 5. The first-order valence-corrected chi connectivity index (χ1v) is 12.5. The van der Waals surface area contributed by atoms with Gasteiger partial charge < -0.3 is 25.5 Å². The summed E-state index contributed by atoms with van der Waals surface area (Å²) in [5, 5.41) is 52.4. The first-order chi connectivity index (χ1) is 14.6. The maximum atomic E-state index is 11.6. The van der Waals surface area contributed by atoms with Crippen LogP contribution in [-0.4, -0.2) is 55.9 Å². The lowest BCUT2D eigenvalue weighted by atomic mass is 9.41. The van der Waals surface area contributed by atoms with Gasteiger partial charge in [-0.3, -0.25) is 0 Å². The molecule has 12 atom stereocenters. The minimum absolute atomic E-state index is 0.0314. The first kappa shape index (κ1) is 23.5. The molecule has 0 aromatic heterocycles. The van der Waals surface area contributed by atoms with Gasteiger partial charge in [0.05, 0.1) is 18.3 Å². The average molecular weight is 439 g/mol. The summed E-state index contributed by atoms with van der Waals surface area (Å²) in [6.07, 6.45) is 4.20. The molecule has 0 heterocycles. The normalized spacial score (nSPS) is 52.7. The molecule has 4 aliphatic rings. The molecule has 0 spiro atoms. The van der Waals surface area contributed by atoms with Crippen molar-refractivity contribution in [3.63, 3.8) is 0 Å². The van der Waals surface area contributed by atoms with Crippen molar-refractivity contribution in [2.24, 2.45) is 46.3 Å². The Labute approximate surface area is 186 Å². The van der Waals surface area contributed by atoms with Crippen LogP contribution >= 0.6 is 0 Å². The second-order valence-electron chi connectivity index (χ2n) is 11.7. The van der Waals surface area contributed by atoms with E-state index < -0.39 is 24.3 Å². The maximum absolute atomic E-state index is 11.6. The van der Waals surface area contributed by atoms with Crippen molar-refractivity contribution in [2.75, 3.05) is 0 Å². The molecule has 0 saturated heterocycles. The van der Waals surface area contributed by atoms with E-state index in [0.29, 0.717) is 12.8 Å². The Morgan fingerprint density at radius 2 is 1.74 bits per heavy atom. The van der Waals surface area contributed by atoms with E-state index in [4.69, 9.17) is 5.11 Å². The van der Waals surface area contributed by atoms with Crippen LogP contribution in [0.15, 0.2) is 0 Å². The van der Waals surface area contributed by atoms with E-state index in [-0.39, 0.29) is 58.9 Å². The second kappa shape index (κ2) is 8.27. The van der Waals surface area contributed by atoms with Crippen LogP contribution < -0.4 is 0 Å². The third-order valence-electron chi connectivity index (χ3n) is 10.8. The lowest BCUT2D eigenvalue weighted by Crippen LogP contribution is -2.64. The van der Waals surface area contributed by atoms with Crippen LogP contribution in [0.4, 0.5) is 0 Å². The first-order valence-electron chi connectivity index (χ1n) is 12.5. The largest absolute Gasteiger partial charge is 0.479 e. The molecule has 4 fully saturated rings. The third-order valence-corrected chi connectivity index (χ3v) is 10.8. The highest BCUT2D eigenvalue weighted by Gasteiger charge is 2.66. The maximum Gasteiger partial charge on any atom is 0.332 e. The van der Waals surface area contributed by atoms with E-state index in [9.17, 15) is 25.2 Å². The summed E-state index contributed by atoms with van der Waals surface area (Å²) in [6.45, 7) is 6.65. The quantitative estimate of drug-likeness (QED) is 0.450. The minimum Gasteiger partial charge on any atom is -0.479 e. The molecule has 5 N–H and O–H groups in total. The van der Waals surface area contributed by atoms with E-state index in [1.165, 1.54) is 0 Å². The Morgan fingerprint density at radius 3 is 2.39 bits per heavy atom. The van der Waals surface area contributed by atoms with E-state index in [2.05, 4.69) is 20.8 Å². The fourth-order valence-electron chi connectivity index (χ4n) is 9.00. The van der Waals surface area contributed by atoms with Crippen molar-refractivity contribution >= 4 is 5.97 Å². The summed E-state index contributed by atoms with van der Waals surface area (Å²) < 4.78 is 0. The molecule has 6 nitrogen and oxygen atoms in total. The molecule has 0 bridgehead atoms. The van der Waals surface area contributed by atoms with Crippen LogP contribution in [0.2, 0.25) is 0 Å². The highest BCUT2D eigenvalue weighted by molar-refractivity contribution is 5.71. The second-order valence-corrected chi connectivity index (χ2v) is 11.7. The van der Waals surface area contributed by atoms with Crippen LogP contribution in [0.3, 0.4) is 0 Å². The summed E-state index contributed by atoms with van der Waals surface area (Å²) >= 11 is 0. The molecule has 0 unspecified atom stereocenters. The van der Waals surface area contributed by atoms with Gasteiger partial charge in [-0.1, -0.05) is 27.2 Å². The molecule has 4 rings (SSSR count). The van der Waals surface area contributed by atoms with Gasteiger partial charge in [-0.2, -0.15) is 0 Å². The molecule has 0 aromatic carbocycles. The fraction of sp³-hybridized carbons (Fsp3) is 0.960. The van der Waals surface area contributed by atoms with E-state index in [1.54, 1.807) is 0 Å². The molecule has 0 aliphatic heterocycles. The van der Waals surface area contributed by atoms with Gasteiger partial charge in [0.1, 0.15) is 0 Å². The smallest absolute Gasteiger partial charge is 0.332 e. The van der Waals surface area contributed by atoms with Crippen molar-refractivity contribution < 1.29 is 30.3 Å². The molecule has 4 saturated carbocycles. The summed E-state index contributed by atoms with van der Waals surface area (Å²) in [5.74, 6) is 0.0419. The Kier molecular flexibility index (Phi) is 6.26. The van der Waals surface area contributed by atoms with Gasteiger partial charge in [0.25, 0.3) is 0 Å². The van der Waals surface area contributed by atoms with Crippen molar-refractivity contribution in [3.8, 4) is 0 Å². The molecular formula is C25H42O6. The number of rotatable bonds is 5. The van der Waals surface area contributed by atoms with Crippen molar-refractivity contribution in [1.29, 1.82) is 0 Å². The number of carboxylic acid groups (broad SMARTS) is 1. The van der Waals surface area contributed by atoms with Gasteiger partial charge in [-0.15, -0.1) is 0 Å². The Morgan fingerprint density at radius 1 is 1.03 bits per heavy atom. The minimum atomic E-state index is -1.35. The van der Waals surface area contributed by atoms with E-state index in [0.717, 1.165) is 38.5 Å². The molecule has 0 aromatic rings. The number of carboxylic acids is 1. The lowest BCUT2D eigenvalue weighted by Gasteiger charge is -2.65. The van der Waals surface area contributed by atoms with Crippen LogP contribution in [0, 0.1) is 46.3 Å². The van der Waals surface area contributed by atoms with Crippen LogP contribution in [0.25, 0.3) is 0 Å². The van der Waals surface area contributed by atoms with Crippen molar-refractivity contribution in [1.82, 2.24) is 0 Å². The molecule has 6 heteroatoms. The van der Waals surface area contributed by atoms with Gasteiger partial charge in [-0.05, 0) is 97.7 Å². The standard InChI is InChI=1S/C25H42O6/c1-4-15-17-11-14(26)9-10-24(17,2)18-12-20(28)25(3)13(6-8-19(27)23(30)31)5-7-16(25)21(18)22(15)29/h13-22,26-29H,4-12H2,1-3H3,(H,30,31)/t13-,14-,15-,16+,17+,18+,19+,20+,21+,22-,24+,25-/m1/s1. The van der Waals surface area contributed by atoms with Crippen LogP contribution in [0.1, 0.15) is 78.6 Å². The summed E-state index contributed by atoms with van der Waals surface area (Å²) in [6, 6.07) is 0. The van der Waals surface area contributed by atoms with Gasteiger partial charge in [0.15, 0.2) is 6.10 Å². The molecule has 0 radical (unpaired) electrons. The molecule has 31 heavy (non-hydrogen) atoms. The van der Waals surface area contributed by atoms with Gasteiger partial charge in [-0.25, -0.2) is 4.79 Å². The highest BCUT2D eigenvalue weighted by atomic mass is 16.4. The molecule has 4 aliphatic carbocycles. The molecule has 178 valence electrons. The summed E-state index contributed by atoms with van der Waals surface area (Å²) in [4.78, 5) is 11.1. The molecular weight excluding hydrogens is 396 g/mol. The van der Waals surface area contributed by atoms with E-state index in [1.807, 2.05) is 0 Å². The Balaban J connectivity index is 1.63. The number of hydrogen-bond donors (Lipinski definition) is 5.